The molecule has 3 heteroatoms. The van der Waals surface area contributed by atoms with Crippen LogP contribution in [-0.4, -0.2) is 50.3 Å². The molecular formula is C11H22N2O. The minimum atomic E-state index is 0.818. The minimum absolute atomic E-state index is 0.818. The van der Waals surface area contributed by atoms with Gasteiger partial charge in [0.05, 0.1) is 6.61 Å². The second kappa shape index (κ2) is 5.10. The van der Waals surface area contributed by atoms with Crippen LogP contribution in [0.5, 0.6) is 0 Å². The summed E-state index contributed by atoms with van der Waals surface area (Å²) in [6.07, 6.45) is 5.46. The van der Waals surface area contributed by atoms with Crippen molar-refractivity contribution in [1.82, 2.24) is 10.2 Å². The summed E-state index contributed by atoms with van der Waals surface area (Å²) < 4.78 is 5.18. The highest BCUT2D eigenvalue weighted by molar-refractivity contribution is 4.90. The van der Waals surface area contributed by atoms with Crippen molar-refractivity contribution in [3.63, 3.8) is 0 Å². The van der Waals surface area contributed by atoms with Gasteiger partial charge in [-0.05, 0) is 38.8 Å². The van der Waals surface area contributed by atoms with Gasteiger partial charge in [-0.25, -0.2) is 0 Å². The molecule has 1 N–H and O–H groups in total. The second-order valence-electron chi connectivity index (χ2n) is 4.44. The standard InChI is InChI=1S/C11H22N2O/c1-14-9-8-13(10-2-3-10)11-4-6-12-7-5-11/h10-12H,2-9H2,1H3. The van der Waals surface area contributed by atoms with Gasteiger partial charge in [0.1, 0.15) is 0 Å². The molecule has 0 aromatic carbocycles. The van der Waals surface area contributed by atoms with Gasteiger partial charge in [-0.15, -0.1) is 0 Å². The molecule has 1 saturated heterocycles. The summed E-state index contributed by atoms with van der Waals surface area (Å²) in [7, 11) is 1.80. The van der Waals surface area contributed by atoms with Crippen LogP contribution in [-0.2, 0) is 4.74 Å². The van der Waals surface area contributed by atoms with Gasteiger partial charge >= 0.3 is 0 Å². The molecule has 0 aromatic heterocycles. The highest BCUT2D eigenvalue weighted by Crippen LogP contribution is 2.30. The molecule has 2 aliphatic rings. The molecule has 0 radical (unpaired) electrons. The van der Waals surface area contributed by atoms with E-state index in [9.17, 15) is 0 Å². The van der Waals surface area contributed by atoms with Crippen molar-refractivity contribution in [3.8, 4) is 0 Å². The first-order valence-electron chi connectivity index (χ1n) is 5.87. The van der Waals surface area contributed by atoms with Gasteiger partial charge in [0, 0.05) is 25.7 Å². The zero-order valence-corrected chi connectivity index (χ0v) is 9.17. The zero-order valence-electron chi connectivity index (χ0n) is 9.17. The molecule has 0 aromatic rings. The Kier molecular flexibility index (Phi) is 3.79. The van der Waals surface area contributed by atoms with Crippen molar-refractivity contribution < 1.29 is 4.74 Å². The number of ether oxygens (including phenoxy) is 1. The highest BCUT2D eigenvalue weighted by Gasteiger charge is 2.33. The minimum Gasteiger partial charge on any atom is -0.383 e. The summed E-state index contributed by atoms with van der Waals surface area (Å²) in [6, 6.07) is 1.70. The Bertz CT molecular complexity index is 165. The maximum Gasteiger partial charge on any atom is 0.0589 e. The van der Waals surface area contributed by atoms with E-state index in [0.717, 1.165) is 25.2 Å². The van der Waals surface area contributed by atoms with Crippen LogP contribution in [0.3, 0.4) is 0 Å². The molecule has 14 heavy (non-hydrogen) atoms. The SMILES string of the molecule is COCCN(C1CCNCC1)C1CC1. The molecule has 0 spiro atoms. The van der Waals surface area contributed by atoms with E-state index < -0.39 is 0 Å². The van der Waals surface area contributed by atoms with E-state index in [1.807, 2.05) is 0 Å². The van der Waals surface area contributed by atoms with Crippen LogP contribution in [0.2, 0.25) is 0 Å². The molecule has 3 nitrogen and oxygen atoms in total. The van der Waals surface area contributed by atoms with Crippen LogP contribution < -0.4 is 5.32 Å². The van der Waals surface area contributed by atoms with E-state index in [0.29, 0.717) is 0 Å². The normalized spacial score (nSPS) is 24.4. The molecule has 1 heterocycles. The number of hydrogen-bond donors (Lipinski definition) is 1. The quantitative estimate of drug-likeness (QED) is 0.709. The lowest BCUT2D eigenvalue weighted by Crippen LogP contribution is -2.45. The molecule has 0 amide bonds. The molecule has 2 rings (SSSR count). The van der Waals surface area contributed by atoms with E-state index in [-0.39, 0.29) is 0 Å². The number of rotatable bonds is 5. The smallest absolute Gasteiger partial charge is 0.0589 e. The number of piperidine rings is 1. The van der Waals surface area contributed by atoms with Gasteiger partial charge < -0.3 is 10.1 Å². The number of nitrogens with one attached hydrogen (secondary N) is 1. The molecule has 1 saturated carbocycles. The molecular weight excluding hydrogens is 176 g/mol. The van der Waals surface area contributed by atoms with E-state index in [2.05, 4.69) is 10.2 Å². The second-order valence-corrected chi connectivity index (χ2v) is 4.44. The molecule has 1 aliphatic heterocycles. The fourth-order valence-electron chi connectivity index (χ4n) is 2.40. The Labute approximate surface area is 86.8 Å². The first-order chi connectivity index (χ1) is 6.92. The third kappa shape index (κ3) is 2.69. The molecule has 0 unspecified atom stereocenters. The summed E-state index contributed by atoms with van der Waals surface area (Å²) in [6.45, 7) is 4.41. The molecule has 1 aliphatic carbocycles. The summed E-state index contributed by atoms with van der Waals surface area (Å²) in [4.78, 5) is 2.68. The van der Waals surface area contributed by atoms with Gasteiger partial charge in [-0.2, -0.15) is 0 Å². The lowest BCUT2D eigenvalue weighted by Gasteiger charge is -2.34. The van der Waals surface area contributed by atoms with Crippen LogP contribution in [0.4, 0.5) is 0 Å². The van der Waals surface area contributed by atoms with Gasteiger partial charge in [-0.3, -0.25) is 4.90 Å². The van der Waals surface area contributed by atoms with Gasteiger partial charge in [0.2, 0.25) is 0 Å². The van der Waals surface area contributed by atoms with E-state index in [1.54, 1.807) is 7.11 Å². The summed E-state index contributed by atoms with van der Waals surface area (Å²) in [5.74, 6) is 0. The van der Waals surface area contributed by atoms with Crippen molar-refractivity contribution in [2.75, 3.05) is 33.4 Å². The topological polar surface area (TPSA) is 24.5 Å². The molecule has 0 atom stereocenters. The third-order valence-corrected chi connectivity index (χ3v) is 3.35. The molecule has 2 fully saturated rings. The summed E-state index contributed by atoms with van der Waals surface area (Å²) in [5, 5.41) is 3.43. The van der Waals surface area contributed by atoms with Gasteiger partial charge in [0.15, 0.2) is 0 Å². The van der Waals surface area contributed by atoms with Crippen LogP contribution in [0.1, 0.15) is 25.7 Å². The maximum atomic E-state index is 5.18. The summed E-state index contributed by atoms with van der Waals surface area (Å²) >= 11 is 0. The van der Waals surface area contributed by atoms with Crippen molar-refractivity contribution in [2.45, 2.75) is 37.8 Å². The summed E-state index contributed by atoms with van der Waals surface area (Å²) in [5.41, 5.74) is 0. The Balaban J connectivity index is 1.81. The Morgan fingerprint density at radius 1 is 1.14 bits per heavy atom. The van der Waals surface area contributed by atoms with Crippen molar-refractivity contribution in [2.24, 2.45) is 0 Å². The van der Waals surface area contributed by atoms with Crippen molar-refractivity contribution in [3.05, 3.63) is 0 Å². The molecule has 82 valence electrons. The van der Waals surface area contributed by atoms with Crippen LogP contribution in [0.25, 0.3) is 0 Å². The van der Waals surface area contributed by atoms with Crippen molar-refractivity contribution >= 4 is 0 Å². The lowest BCUT2D eigenvalue weighted by atomic mass is 10.0. The van der Waals surface area contributed by atoms with Crippen molar-refractivity contribution in [1.29, 1.82) is 0 Å². The molecule has 0 bridgehead atoms. The largest absolute Gasteiger partial charge is 0.383 e. The first-order valence-corrected chi connectivity index (χ1v) is 5.87. The lowest BCUT2D eigenvalue weighted by molar-refractivity contribution is 0.0991. The monoisotopic (exact) mass is 198 g/mol. The Morgan fingerprint density at radius 2 is 1.79 bits per heavy atom. The van der Waals surface area contributed by atoms with Gasteiger partial charge in [0.25, 0.3) is 0 Å². The van der Waals surface area contributed by atoms with E-state index in [4.69, 9.17) is 4.74 Å². The Hall–Kier alpha value is -0.120. The third-order valence-electron chi connectivity index (χ3n) is 3.35. The average molecular weight is 198 g/mol. The van der Waals surface area contributed by atoms with E-state index in [1.165, 1.54) is 38.8 Å². The maximum absolute atomic E-state index is 5.18. The highest BCUT2D eigenvalue weighted by atomic mass is 16.5. The fourth-order valence-corrected chi connectivity index (χ4v) is 2.40. The number of methoxy groups -OCH3 is 1. The van der Waals surface area contributed by atoms with Gasteiger partial charge in [-0.1, -0.05) is 0 Å². The van der Waals surface area contributed by atoms with E-state index >= 15 is 0 Å². The Morgan fingerprint density at radius 3 is 2.36 bits per heavy atom. The average Bonchev–Trinajstić information content (AvgIpc) is 3.04. The predicted octanol–water partition coefficient (Wildman–Crippen LogP) is 0.849. The number of hydrogen-bond acceptors (Lipinski definition) is 3. The predicted molar refractivity (Wildman–Crippen MR) is 57.5 cm³/mol. The fraction of sp³-hybridized carbons (Fsp3) is 1.00. The zero-order chi connectivity index (χ0) is 9.80. The number of nitrogens with zero attached hydrogens (tertiary/aromatic N) is 1. The first kappa shape index (κ1) is 10.4. The van der Waals surface area contributed by atoms with Crippen LogP contribution in [0.15, 0.2) is 0 Å². The van der Waals surface area contributed by atoms with Crippen LogP contribution >= 0.6 is 0 Å². The van der Waals surface area contributed by atoms with Crippen LogP contribution in [0, 0.1) is 0 Å².